The lowest BCUT2D eigenvalue weighted by atomic mass is 9.83. The van der Waals surface area contributed by atoms with Gasteiger partial charge in [0.15, 0.2) is 0 Å². The van der Waals surface area contributed by atoms with Gasteiger partial charge in [-0.05, 0) is 56.4 Å². The number of hydrogen-bond acceptors (Lipinski definition) is 3. The third kappa shape index (κ3) is 7.84. The van der Waals surface area contributed by atoms with E-state index in [0.29, 0.717) is 18.6 Å². The normalized spacial score (nSPS) is 22.7. The lowest BCUT2D eigenvalue weighted by Crippen LogP contribution is -2.42. The highest BCUT2D eigenvalue weighted by atomic mass is 32.2. The topological polar surface area (TPSA) is 55.4 Å². The lowest BCUT2D eigenvalue weighted by Gasteiger charge is -2.31. The van der Waals surface area contributed by atoms with Crippen molar-refractivity contribution in [2.45, 2.75) is 90.2 Å². The van der Waals surface area contributed by atoms with Gasteiger partial charge in [-0.1, -0.05) is 63.4 Å². The quantitative estimate of drug-likeness (QED) is 0.479. The van der Waals surface area contributed by atoms with Crippen LogP contribution in [0.15, 0.2) is 30.3 Å². The fraction of sp³-hybridized carbons (Fsp3) is 0.739. The van der Waals surface area contributed by atoms with Gasteiger partial charge in [-0.3, -0.25) is 0 Å². The van der Waals surface area contributed by atoms with Crippen molar-refractivity contribution in [3.05, 3.63) is 35.9 Å². The van der Waals surface area contributed by atoms with Crippen molar-refractivity contribution >= 4 is 10.0 Å². The van der Waals surface area contributed by atoms with Gasteiger partial charge in [-0.2, -0.15) is 0 Å². The van der Waals surface area contributed by atoms with E-state index in [1.807, 2.05) is 0 Å². The van der Waals surface area contributed by atoms with Crippen molar-refractivity contribution in [3.63, 3.8) is 0 Å². The number of hydrogen-bond donors (Lipinski definition) is 1. The summed E-state index contributed by atoms with van der Waals surface area (Å²) < 4.78 is 33.3. The Hall–Kier alpha value is -0.910. The lowest BCUT2D eigenvalue weighted by molar-refractivity contribution is 0.00202. The van der Waals surface area contributed by atoms with E-state index in [1.54, 1.807) is 6.92 Å². The van der Waals surface area contributed by atoms with Crippen LogP contribution in [0, 0.1) is 5.92 Å². The summed E-state index contributed by atoms with van der Waals surface area (Å²) in [6.07, 6.45) is 9.06. The van der Waals surface area contributed by atoms with Crippen LogP contribution >= 0.6 is 0 Å². The van der Waals surface area contributed by atoms with E-state index in [2.05, 4.69) is 48.9 Å². The van der Waals surface area contributed by atoms with Gasteiger partial charge in [-0.15, -0.1) is 0 Å². The number of benzene rings is 1. The number of ether oxygens (including phenoxy) is 1. The smallest absolute Gasteiger partial charge is 0.211 e. The molecule has 0 unspecified atom stereocenters. The zero-order valence-corrected chi connectivity index (χ0v) is 18.7. The molecule has 1 aliphatic carbocycles. The summed E-state index contributed by atoms with van der Waals surface area (Å²) in [5, 5.41) is 0. The SMILES string of the molecule is CCCCC[C@H](NS(=O)(=O)CC)[C@@H](C)COC1CCC(c2ccccc2)CC1. The minimum absolute atomic E-state index is 0.0304. The van der Waals surface area contributed by atoms with E-state index < -0.39 is 10.0 Å². The van der Waals surface area contributed by atoms with Crippen LogP contribution in [0.2, 0.25) is 0 Å². The number of unbranched alkanes of at least 4 members (excludes halogenated alkanes) is 2. The van der Waals surface area contributed by atoms with Crippen molar-refractivity contribution in [3.8, 4) is 0 Å². The molecule has 1 fully saturated rings. The van der Waals surface area contributed by atoms with E-state index >= 15 is 0 Å². The summed E-state index contributed by atoms with van der Waals surface area (Å²) in [4.78, 5) is 0. The first-order valence-electron chi connectivity index (χ1n) is 11.1. The third-order valence-corrected chi connectivity index (χ3v) is 7.48. The van der Waals surface area contributed by atoms with Gasteiger partial charge in [0.25, 0.3) is 0 Å². The molecule has 0 radical (unpaired) electrons. The van der Waals surface area contributed by atoms with Crippen LogP contribution in [0.5, 0.6) is 0 Å². The van der Waals surface area contributed by atoms with Gasteiger partial charge in [0.05, 0.1) is 18.5 Å². The second kappa shape index (κ2) is 11.9. The second-order valence-corrected chi connectivity index (χ2v) is 10.4. The Balaban J connectivity index is 1.80. The monoisotopic (exact) mass is 409 g/mol. The Morgan fingerprint density at radius 3 is 2.36 bits per heavy atom. The van der Waals surface area contributed by atoms with Gasteiger partial charge >= 0.3 is 0 Å². The molecular formula is C23H39NO3S. The maximum atomic E-state index is 12.1. The Morgan fingerprint density at radius 2 is 1.75 bits per heavy atom. The Morgan fingerprint density at radius 1 is 1.07 bits per heavy atom. The summed E-state index contributed by atoms with van der Waals surface area (Å²) in [5.74, 6) is 0.968. The van der Waals surface area contributed by atoms with Crippen LogP contribution in [0.3, 0.4) is 0 Å². The van der Waals surface area contributed by atoms with Gasteiger partial charge in [-0.25, -0.2) is 13.1 Å². The molecule has 5 heteroatoms. The van der Waals surface area contributed by atoms with E-state index in [1.165, 1.54) is 18.4 Å². The maximum absolute atomic E-state index is 12.1. The molecule has 4 nitrogen and oxygen atoms in total. The van der Waals surface area contributed by atoms with Crippen LogP contribution in [-0.4, -0.2) is 32.9 Å². The molecule has 2 atom stereocenters. The van der Waals surface area contributed by atoms with E-state index in [0.717, 1.165) is 38.5 Å². The molecule has 0 bridgehead atoms. The van der Waals surface area contributed by atoms with Gasteiger partial charge < -0.3 is 4.74 Å². The minimum atomic E-state index is -3.19. The van der Waals surface area contributed by atoms with Crippen LogP contribution in [-0.2, 0) is 14.8 Å². The van der Waals surface area contributed by atoms with Crippen LogP contribution in [0.4, 0.5) is 0 Å². The predicted octanol–water partition coefficient (Wildman–Crippen LogP) is 5.25. The maximum Gasteiger partial charge on any atom is 0.211 e. The highest BCUT2D eigenvalue weighted by Crippen LogP contribution is 2.34. The van der Waals surface area contributed by atoms with Crippen molar-refractivity contribution < 1.29 is 13.2 Å². The summed E-state index contributed by atoms with van der Waals surface area (Å²) in [5.41, 5.74) is 1.44. The molecule has 0 spiro atoms. The predicted molar refractivity (Wildman–Crippen MR) is 117 cm³/mol. The van der Waals surface area contributed by atoms with E-state index in [-0.39, 0.29) is 17.7 Å². The fourth-order valence-corrected chi connectivity index (χ4v) is 5.06. The highest BCUT2D eigenvalue weighted by Gasteiger charge is 2.26. The first-order chi connectivity index (χ1) is 13.4. The molecule has 0 amide bonds. The summed E-state index contributed by atoms with van der Waals surface area (Å²) in [6.45, 7) is 6.61. The van der Waals surface area contributed by atoms with Crippen molar-refractivity contribution in [2.24, 2.45) is 5.92 Å². The molecular weight excluding hydrogens is 370 g/mol. The molecule has 160 valence electrons. The van der Waals surface area contributed by atoms with Crippen LogP contribution in [0.1, 0.15) is 83.6 Å². The first-order valence-corrected chi connectivity index (χ1v) is 12.8. The highest BCUT2D eigenvalue weighted by molar-refractivity contribution is 7.89. The second-order valence-electron chi connectivity index (χ2n) is 8.32. The first kappa shape index (κ1) is 23.4. The molecule has 1 aromatic carbocycles. The average molecular weight is 410 g/mol. The summed E-state index contributed by atoms with van der Waals surface area (Å²) in [7, 11) is -3.19. The summed E-state index contributed by atoms with van der Waals surface area (Å²) >= 11 is 0. The zero-order chi connectivity index (χ0) is 20.4. The average Bonchev–Trinajstić information content (AvgIpc) is 2.72. The summed E-state index contributed by atoms with van der Waals surface area (Å²) in [6, 6.07) is 10.7. The van der Waals surface area contributed by atoms with Crippen LogP contribution in [0.25, 0.3) is 0 Å². The molecule has 2 rings (SSSR count). The molecule has 1 aliphatic rings. The third-order valence-electron chi connectivity index (χ3n) is 6.06. The standard InChI is InChI=1S/C23H39NO3S/c1-4-6-8-13-23(24-28(25,26)5-2)19(3)18-27-22-16-14-21(15-17-22)20-11-9-7-10-12-20/h7,9-12,19,21-24H,4-6,8,13-18H2,1-3H3/t19-,21?,22?,23-/m0/s1. The number of sulfonamides is 1. The Labute approximate surface area is 172 Å². The largest absolute Gasteiger partial charge is 0.378 e. The van der Waals surface area contributed by atoms with Gasteiger partial charge in [0.2, 0.25) is 10.0 Å². The number of nitrogens with one attached hydrogen (secondary N) is 1. The molecule has 28 heavy (non-hydrogen) atoms. The Kier molecular flexibility index (Phi) is 9.96. The molecule has 0 aliphatic heterocycles. The molecule has 0 aromatic heterocycles. The van der Waals surface area contributed by atoms with Crippen molar-refractivity contribution in [2.75, 3.05) is 12.4 Å². The van der Waals surface area contributed by atoms with E-state index in [9.17, 15) is 8.42 Å². The van der Waals surface area contributed by atoms with Crippen molar-refractivity contribution in [1.82, 2.24) is 4.72 Å². The van der Waals surface area contributed by atoms with E-state index in [4.69, 9.17) is 4.74 Å². The molecule has 1 aromatic rings. The Bertz CT molecular complexity index is 639. The van der Waals surface area contributed by atoms with Crippen LogP contribution < -0.4 is 4.72 Å². The molecule has 0 heterocycles. The molecule has 1 saturated carbocycles. The zero-order valence-electron chi connectivity index (χ0n) is 17.9. The van der Waals surface area contributed by atoms with Crippen molar-refractivity contribution in [1.29, 1.82) is 0 Å². The van der Waals surface area contributed by atoms with Gasteiger partial charge in [0, 0.05) is 6.04 Å². The fourth-order valence-electron chi connectivity index (χ4n) is 4.08. The molecule has 1 N–H and O–H groups in total. The minimum Gasteiger partial charge on any atom is -0.378 e. The van der Waals surface area contributed by atoms with Gasteiger partial charge in [0.1, 0.15) is 0 Å². The molecule has 0 saturated heterocycles. The number of rotatable bonds is 12.